The Morgan fingerprint density at radius 2 is 1.81 bits per heavy atom. The molecule has 0 amide bonds. The van der Waals surface area contributed by atoms with Gasteiger partial charge in [-0.1, -0.05) is 50.7 Å². The first-order valence-electron chi connectivity index (χ1n) is 6.89. The highest BCUT2D eigenvalue weighted by atomic mass is 32.2. The number of fused-ring (bicyclic) bond motifs is 1. The van der Waals surface area contributed by atoms with Crippen LogP contribution in [0.2, 0.25) is 0 Å². The highest BCUT2D eigenvalue weighted by molar-refractivity contribution is 7.99. The molecule has 0 unspecified atom stereocenters. The number of benzene rings is 1. The van der Waals surface area contributed by atoms with E-state index in [2.05, 4.69) is 60.6 Å². The minimum Gasteiger partial charge on any atom is -0.285 e. The lowest BCUT2D eigenvalue weighted by Gasteiger charge is -2.16. The molecule has 2 aromatic heterocycles. The van der Waals surface area contributed by atoms with Gasteiger partial charge < -0.3 is 0 Å². The van der Waals surface area contributed by atoms with Crippen molar-refractivity contribution in [2.75, 3.05) is 0 Å². The molecule has 1 aromatic carbocycles. The van der Waals surface area contributed by atoms with Crippen molar-refractivity contribution in [3.05, 3.63) is 60.9 Å². The second-order valence-electron chi connectivity index (χ2n) is 6.08. The normalized spacial score (nSPS) is 12.0. The summed E-state index contributed by atoms with van der Waals surface area (Å²) >= 11 is 1.71. The molecule has 0 atom stereocenters. The van der Waals surface area contributed by atoms with Crippen molar-refractivity contribution in [2.24, 2.45) is 0 Å². The average Bonchev–Trinajstić information content (AvgIpc) is 2.84. The van der Waals surface area contributed by atoms with E-state index >= 15 is 0 Å². The summed E-state index contributed by atoms with van der Waals surface area (Å²) in [6.45, 7) is 10.5. The molecule has 3 rings (SSSR count). The molecule has 0 bridgehead atoms. The first kappa shape index (κ1) is 14.1. The van der Waals surface area contributed by atoms with Gasteiger partial charge in [0, 0.05) is 21.4 Å². The van der Waals surface area contributed by atoms with E-state index in [1.165, 1.54) is 4.90 Å². The number of hydrogen-bond acceptors (Lipinski definition) is 3. The van der Waals surface area contributed by atoms with Crippen LogP contribution in [0.4, 0.5) is 0 Å². The molecule has 0 aliphatic carbocycles. The molecule has 4 heteroatoms. The van der Waals surface area contributed by atoms with E-state index in [-0.39, 0.29) is 5.41 Å². The highest BCUT2D eigenvalue weighted by Gasteiger charge is 2.20. The van der Waals surface area contributed by atoms with Crippen LogP contribution >= 0.6 is 11.8 Å². The van der Waals surface area contributed by atoms with Crippen LogP contribution in [0.3, 0.4) is 0 Å². The Labute approximate surface area is 129 Å². The molecule has 0 fully saturated rings. The van der Waals surface area contributed by atoms with Gasteiger partial charge in [-0.15, -0.1) is 10.2 Å². The molecule has 107 valence electrons. The van der Waals surface area contributed by atoms with Crippen molar-refractivity contribution in [1.29, 1.82) is 0 Å². The van der Waals surface area contributed by atoms with Crippen molar-refractivity contribution in [3.8, 4) is 0 Å². The molecule has 2 heterocycles. The average molecular weight is 296 g/mol. The Morgan fingerprint density at radius 3 is 2.52 bits per heavy atom. The van der Waals surface area contributed by atoms with Crippen LogP contribution in [0.25, 0.3) is 5.65 Å². The van der Waals surface area contributed by atoms with Gasteiger partial charge in [-0.25, -0.2) is 0 Å². The fraction of sp³-hybridized carbons (Fsp3) is 0.235. The van der Waals surface area contributed by atoms with Crippen molar-refractivity contribution >= 4 is 17.4 Å². The topological polar surface area (TPSA) is 30.2 Å². The summed E-state index contributed by atoms with van der Waals surface area (Å²) in [6, 6.07) is 12.3. The molecule has 0 N–H and O–H groups in total. The summed E-state index contributed by atoms with van der Waals surface area (Å²) in [5.41, 5.74) is 1.89. The quantitative estimate of drug-likeness (QED) is 0.704. The maximum atomic E-state index is 4.32. The summed E-state index contributed by atoms with van der Waals surface area (Å²) < 4.78 is 2.08. The summed E-state index contributed by atoms with van der Waals surface area (Å²) in [7, 11) is 0. The van der Waals surface area contributed by atoms with E-state index in [1.807, 2.05) is 24.3 Å². The molecule has 0 aliphatic rings. The standard InChI is InChI=1S/C17H18N3S/c1-12-7-5-6-8-14(12)21-13-9-10-15-18-19-16(17(2,3)4)20(15)11-13/h5-11H,1H2,2-4H3. The lowest BCUT2D eigenvalue weighted by Crippen LogP contribution is -2.15. The molecule has 3 nitrogen and oxygen atoms in total. The zero-order valence-electron chi connectivity index (χ0n) is 12.5. The van der Waals surface area contributed by atoms with Gasteiger partial charge in [0.2, 0.25) is 0 Å². The second-order valence-corrected chi connectivity index (χ2v) is 7.19. The molecule has 0 spiro atoms. The molecule has 0 saturated heterocycles. The Hall–Kier alpha value is -1.81. The lowest BCUT2D eigenvalue weighted by atomic mass is 9.96. The van der Waals surface area contributed by atoms with Gasteiger partial charge in [0.15, 0.2) is 5.65 Å². The fourth-order valence-corrected chi connectivity index (χ4v) is 3.07. The van der Waals surface area contributed by atoms with Crippen molar-refractivity contribution < 1.29 is 0 Å². The highest BCUT2D eigenvalue weighted by Crippen LogP contribution is 2.31. The van der Waals surface area contributed by atoms with Crippen LogP contribution in [0.5, 0.6) is 0 Å². The minimum absolute atomic E-state index is 0.0348. The van der Waals surface area contributed by atoms with E-state index in [0.29, 0.717) is 0 Å². The van der Waals surface area contributed by atoms with E-state index in [0.717, 1.165) is 21.9 Å². The van der Waals surface area contributed by atoms with Crippen LogP contribution < -0.4 is 0 Å². The van der Waals surface area contributed by atoms with Crippen LogP contribution in [0.15, 0.2) is 52.4 Å². The Bertz CT molecular complexity index is 784. The largest absolute Gasteiger partial charge is 0.285 e. The van der Waals surface area contributed by atoms with E-state index in [4.69, 9.17) is 0 Å². The number of hydrogen-bond donors (Lipinski definition) is 0. The van der Waals surface area contributed by atoms with Crippen LogP contribution in [-0.4, -0.2) is 14.6 Å². The molecule has 1 radical (unpaired) electrons. The number of aromatic nitrogens is 3. The first-order chi connectivity index (χ1) is 9.95. The molecular formula is C17H18N3S. The third-order valence-electron chi connectivity index (χ3n) is 3.25. The number of nitrogens with zero attached hydrogens (tertiary/aromatic N) is 3. The van der Waals surface area contributed by atoms with E-state index < -0.39 is 0 Å². The van der Waals surface area contributed by atoms with E-state index in [1.54, 1.807) is 11.8 Å². The van der Waals surface area contributed by atoms with Crippen LogP contribution in [-0.2, 0) is 5.41 Å². The third-order valence-corrected chi connectivity index (χ3v) is 4.34. The monoisotopic (exact) mass is 296 g/mol. The van der Waals surface area contributed by atoms with Gasteiger partial charge in [-0.3, -0.25) is 4.40 Å². The third kappa shape index (κ3) is 2.81. The molecule has 3 aromatic rings. The zero-order chi connectivity index (χ0) is 15.0. The maximum Gasteiger partial charge on any atom is 0.160 e. The van der Waals surface area contributed by atoms with Gasteiger partial charge in [-0.05, 0) is 30.7 Å². The van der Waals surface area contributed by atoms with Crippen LogP contribution in [0, 0.1) is 6.92 Å². The zero-order valence-corrected chi connectivity index (χ0v) is 13.3. The SMILES string of the molecule is [CH2]c1ccccc1Sc1ccc2nnc(C(C)(C)C)n2c1. The van der Waals surface area contributed by atoms with Gasteiger partial charge >= 0.3 is 0 Å². The first-order valence-corrected chi connectivity index (χ1v) is 7.71. The molecule has 0 saturated carbocycles. The number of pyridine rings is 1. The summed E-state index contributed by atoms with van der Waals surface area (Å²) in [5.74, 6) is 0.975. The Morgan fingerprint density at radius 1 is 1.05 bits per heavy atom. The molecular weight excluding hydrogens is 278 g/mol. The maximum absolute atomic E-state index is 4.32. The minimum atomic E-state index is -0.0348. The number of rotatable bonds is 2. The van der Waals surface area contributed by atoms with Crippen LogP contribution in [0.1, 0.15) is 32.2 Å². The van der Waals surface area contributed by atoms with Crippen molar-refractivity contribution in [2.45, 2.75) is 36.0 Å². The summed E-state index contributed by atoms with van der Waals surface area (Å²) in [5, 5.41) is 8.57. The Balaban J connectivity index is 2.03. The van der Waals surface area contributed by atoms with Gasteiger partial charge in [-0.2, -0.15) is 0 Å². The van der Waals surface area contributed by atoms with Crippen molar-refractivity contribution in [1.82, 2.24) is 14.6 Å². The predicted octanol–water partition coefficient (Wildman–Crippen LogP) is 4.36. The predicted molar refractivity (Wildman–Crippen MR) is 86.7 cm³/mol. The van der Waals surface area contributed by atoms with Gasteiger partial charge in [0.25, 0.3) is 0 Å². The summed E-state index contributed by atoms with van der Waals surface area (Å²) in [6.07, 6.45) is 2.10. The van der Waals surface area contributed by atoms with E-state index in [9.17, 15) is 0 Å². The second kappa shape index (κ2) is 5.19. The fourth-order valence-electron chi connectivity index (χ4n) is 2.17. The summed E-state index contributed by atoms with van der Waals surface area (Å²) in [4.78, 5) is 2.33. The Kier molecular flexibility index (Phi) is 3.49. The van der Waals surface area contributed by atoms with Crippen molar-refractivity contribution in [3.63, 3.8) is 0 Å². The molecule has 0 aliphatic heterocycles. The smallest absolute Gasteiger partial charge is 0.160 e. The van der Waals surface area contributed by atoms with Gasteiger partial charge in [0.05, 0.1) is 0 Å². The lowest BCUT2D eigenvalue weighted by molar-refractivity contribution is 0.538. The molecule has 21 heavy (non-hydrogen) atoms. The van der Waals surface area contributed by atoms with Gasteiger partial charge in [0.1, 0.15) is 5.82 Å².